The molecule has 1 aromatic rings. The second-order valence-electron chi connectivity index (χ2n) is 4.64. The van der Waals surface area contributed by atoms with Crippen LogP contribution >= 0.6 is 35.0 Å². The lowest BCUT2D eigenvalue weighted by Gasteiger charge is -2.16. The minimum absolute atomic E-state index is 0.00388. The number of nitrogens with zero attached hydrogens (tertiary/aromatic N) is 1. The lowest BCUT2D eigenvalue weighted by Crippen LogP contribution is -2.35. The number of nitrogens with two attached hydrogens (primary N) is 1. The number of hydrogen-bond acceptors (Lipinski definition) is 5. The van der Waals surface area contributed by atoms with Crippen molar-refractivity contribution < 1.29 is 19.5 Å². The van der Waals surface area contributed by atoms with Crippen molar-refractivity contribution in [3.8, 4) is 0 Å². The molecule has 2 rings (SSSR count). The molecule has 22 heavy (non-hydrogen) atoms. The first-order chi connectivity index (χ1) is 10.3. The molecule has 2 atom stereocenters. The molecule has 0 bridgehead atoms. The molecule has 1 heterocycles. The van der Waals surface area contributed by atoms with Gasteiger partial charge in [-0.1, -0.05) is 23.2 Å². The van der Waals surface area contributed by atoms with Crippen molar-refractivity contribution in [1.29, 1.82) is 0 Å². The van der Waals surface area contributed by atoms with E-state index >= 15 is 0 Å². The zero-order chi connectivity index (χ0) is 16.4. The van der Waals surface area contributed by atoms with Gasteiger partial charge in [-0.15, -0.1) is 11.8 Å². The number of amides is 2. The van der Waals surface area contributed by atoms with Crippen LogP contribution in [-0.4, -0.2) is 39.9 Å². The fourth-order valence-corrected chi connectivity index (χ4v) is 3.30. The molecule has 1 aromatic carbocycles. The van der Waals surface area contributed by atoms with E-state index in [-0.39, 0.29) is 23.1 Å². The van der Waals surface area contributed by atoms with Crippen molar-refractivity contribution in [3.63, 3.8) is 0 Å². The predicted octanol–water partition coefficient (Wildman–Crippen LogP) is 1.77. The molecule has 9 heteroatoms. The Morgan fingerprint density at radius 1 is 1.41 bits per heavy atom. The standard InChI is InChI=1S/C13H12Cl2N2O4S/c14-7-2-1-6(3-8(7)15)17-11(18)4-10(12(17)19)22-5-9(16)13(20)21/h1-3,9-10H,4-5,16H2,(H,20,21)/t9-,10-/m0/s1. The van der Waals surface area contributed by atoms with Gasteiger partial charge >= 0.3 is 5.97 Å². The van der Waals surface area contributed by atoms with Gasteiger partial charge in [-0.3, -0.25) is 14.4 Å². The largest absolute Gasteiger partial charge is 0.480 e. The highest BCUT2D eigenvalue weighted by Gasteiger charge is 2.40. The van der Waals surface area contributed by atoms with Crippen LogP contribution in [0.3, 0.4) is 0 Å². The van der Waals surface area contributed by atoms with Crippen molar-refractivity contribution >= 4 is 58.4 Å². The summed E-state index contributed by atoms with van der Waals surface area (Å²) in [7, 11) is 0. The van der Waals surface area contributed by atoms with E-state index in [1.165, 1.54) is 18.2 Å². The number of carbonyl (C=O) groups excluding carboxylic acids is 2. The average Bonchev–Trinajstić information content (AvgIpc) is 2.74. The highest BCUT2D eigenvalue weighted by atomic mass is 35.5. The van der Waals surface area contributed by atoms with Crippen molar-refractivity contribution in [3.05, 3.63) is 28.2 Å². The molecule has 1 saturated heterocycles. The lowest BCUT2D eigenvalue weighted by molar-refractivity contribution is -0.138. The Kier molecular flexibility index (Phi) is 5.33. The van der Waals surface area contributed by atoms with Gasteiger partial charge in [0.1, 0.15) is 6.04 Å². The van der Waals surface area contributed by atoms with Crippen molar-refractivity contribution in [2.45, 2.75) is 17.7 Å². The fraction of sp³-hybridized carbons (Fsp3) is 0.308. The van der Waals surface area contributed by atoms with E-state index in [4.69, 9.17) is 34.0 Å². The molecule has 2 amide bonds. The predicted molar refractivity (Wildman–Crippen MR) is 85.4 cm³/mol. The second kappa shape index (κ2) is 6.87. The summed E-state index contributed by atoms with van der Waals surface area (Å²) in [5.74, 6) is -1.88. The summed E-state index contributed by atoms with van der Waals surface area (Å²) in [5, 5.41) is 8.65. The smallest absolute Gasteiger partial charge is 0.321 e. The number of rotatable bonds is 5. The molecule has 0 radical (unpaired) electrons. The normalized spacial score (nSPS) is 19.6. The number of carboxylic acids is 1. The number of hydrogen-bond donors (Lipinski definition) is 2. The third-order valence-corrected chi connectivity index (χ3v) is 5.12. The molecule has 3 N–H and O–H groups in total. The van der Waals surface area contributed by atoms with E-state index < -0.39 is 23.2 Å². The van der Waals surface area contributed by atoms with E-state index in [0.29, 0.717) is 10.7 Å². The molecular formula is C13H12Cl2N2O4S. The summed E-state index contributed by atoms with van der Waals surface area (Å²) in [4.78, 5) is 36.1. The van der Waals surface area contributed by atoms with Gasteiger partial charge in [-0.25, -0.2) is 4.90 Å². The van der Waals surface area contributed by atoms with Crippen molar-refractivity contribution in [1.82, 2.24) is 0 Å². The molecule has 6 nitrogen and oxygen atoms in total. The Hall–Kier alpha value is -1.28. The quantitative estimate of drug-likeness (QED) is 0.774. The number of aliphatic carboxylic acids is 1. The van der Waals surface area contributed by atoms with E-state index in [1.54, 1.807) is 0 Å². The summed E-state index contributed by atoms with van der Waals surface area (Å²) in [6.07, 6.45) is -0.00388. The lowest BCUT2D eigenvalue weighted by atomic mass is 10.3. The Morgan fingerprint density at radius 2 is 2.09 bits per heavy atom. The van der Waals surface area contributed by atoms with Crippen LogP contribution in [-0.2, 0) is 14.4 Å². The summed E-state index contributed by atoms with van der Waals surface area (Å²) in [5.41, 5.74) is 5.74. The molecule has 0 saturated carbocycles. The number of carbonyl (C=O) groups is 3. The van der Waals surface area contributed by atoms with Gasteiger partial charge in [-0.05, 0) is 18.2 Å². The minimum Gasteiger partial charge on any atom is -0.480 e. The van der Waals surface area contributed by atoms with Crippen LogP contribution in [0.1, 0.15) is 6.42 Å². The van der Waals surface area contributed by atoms with Gasteiger partial charge in [0, 0.05) is 12.2 Å². The fourth-order valence-electron chi connectivity index (χ4n) is 1.92. The number of benzene rings is 1. The monoisotopic (exact) mass is 362 g/mol. The second-order valence-corrected chi connectivity index (χ2v) is 6.69. The van der Waals surface area contributed by atoms with Gasteiger partial charge in [0.05, 0.1) is 21.0 Å². The zero-order valence-corrected chi connectivity index (χ0v) is 13.5. The summed E-state index contributed by atoms with van der Waals surface area (Å²) >= 11 is 12.8. The maximum atomic E-state index is 12.3. The van der Waals surface area contributed by atoms with E-state index in [0.717, 1.165) is 16.7 Å². The van der Waals surface area contributed by atoms with Crippen LogP contribution in [0.4, 0.5) is 5.69 Å². The minimum atomic E-state index is -1.15. The Labute approximate surface area is 140 Å². The Bertz CT molecular complexity index is 640. The van der Waals surface area contributed by atoms with Crippen LogP contribution < -0.4 is 10.6 Å². The molecule has 0 aromatic heterocycles. The number of imide groups is 1. The average molecular weight is 363 g/mol. The van der Waals surface area contributed by atoms with Crippen LogP contribution in [0, 0.1) is 0 Å². The Morgan fingerprint density at radius 3 is 2.68 bits per heavy atom. The molecule has 0 aliphatic carbocycles. The van der Waals surface area contributed by atoms with Crippen molar-refractivity contribution in [2.24, 2.45) is 5.73 Å². The molecule has 1 aliphatic rings. The number of halogens is 2. The third kappa shape index (κ3) is 3.55. The number of anilines is 1. The third-order valence-electron chi connectivity index (χ3n) is 3.06. The summed E-state index contributed by atoms with van der Waals surface area (Å²) in [6.45, 7) is 0. The van der Waals surface area contributed by atoms with Gasteiger partial charge in [-0.2, -0.15) is 0 Å². The van der Waals surface area contributed by atoms with Crippen LogP contribution in [0.25, 0.3) is 0 Å². The maximum Gasteiger partial charge on any atom is 0.321 e. The molecular weight excluding hydrogens is 351 g/mol. The topological polar surface area (TPSA) is 101 Å². The van der Waals surface area contributed by atoms with Crippen molar-refractivity contribution in [2.75, 3.05) is 10.7 Å². The van der Waals surface area contributed by atoms with Gasteiger partial charge < -0.3 is 10.8 Å². The summed E-state index contributed by atoms with van der Waals surface area (Å²) in [6, 6.07) is 3.39. The molecule has 0 unspecified atom stereocenters. The zero-order valence-electron chi connectivity index (χ0n) is 11.2. The number of thioether (sulfide) groups is 1. The molecule has 1 fully saturated rings. The molecule has 118 valence electrons. The SMILES string of the molecule is N[C@@H](CS[C@H]1CC(=O)N(c2ccc(Cl)c(Cl)c2)C1=O)C(=O)O. The molecule has 1 aliphatic heterocycles. The van der Waals surface area contributed by atoms with Crippen LogP contribution in [0.5, 0.6) is 0 Å². The van der Waals surface area contributed by atoms with Gasteiger partial charge in [0.2, 0.25) is 11.8 Å². The highest BCUT2D eigenvalue weighted by molar-refractivity contribution is 8.00. The number of carboxylic acid groups (broad SMARTS) is 1. The summed E-state index contributed by atoms with van der Waals surface area (Å²) < 4.78 is 0. The van der Waals surface area contributed by atoms with E-state index in [1.807, 2.05) is 0 Å². The van der Waals surface area contributed by atoms with E-state index in [9.17, 15) is 14.4 Å². The first-order valence-electron chi connectivity index (χ1n) is 6.23. The van der Waals surface area contributed by atoms with E-state index in [2.05, 4.69) is 0 Å². The molecule has 0 spiro atoms. The van der Waals surface area contributed by atoms with Gasteiger partial charge in [0.25, 0.3) is 0 Å². The van der Waals surface area contributed by atoms with Crippen LogP contribution in [0.15, 0.2) is 18.2 Å². The van der Waals surface area contributed by atoms with Crippen LogP contribution in [0.2, 0.25) is 10.0 Å². The Balaban J connectivity index is 2.11. The van der Waals surface area contributed by atoms with Gasteiger partial charge in [0.15, 0.2) is 0 Å². The highest BCUT2D eigenvalue weighted by Crippen LogP contribution is 2.33. The first kappa shape index (κ1) is 17.1. The first-order valence-corrected chi connectivity index (χ1v) is 8.03. The maximum absolute atomic E-state index is 12.3.